The van der Waals surface area contributed by atoms with Crippen molar-refractivity contribution in [3.8, 4) is 11.1 Å². The minimum atomic E-state index is -0.700. The molecule has 0 fully saturated rings. The number of benzene rings is 2. The lowest BCUT2D eigenvalue weighted by Crippen LogP contribution is -2.38. The van der Waals surface area contributed by atoms with E-state index in [-0.39, 0.29) is 17.8 Å². The van der Waals surface area contributed by atoms with Gasteiger partial charge >= 0.3 is 5.97 Å². The first-order valence-electron chi connectivity index (χ1n) is 10.3. The Hall–Kier alpha value is -1.95. The largest absolute Gasteiger partial charge is 0.466 e. The van der Waals surface area contributed by atoms with Crippen LogP contribution in [0.3, 0.4) is 0 Å². The summed E-state index contributed by atoms with van der Waals surface area (Å²) in [5.74, 6) is -0.560. The minimum Gasteiger partial charge on any atom is -0.466 e. The van der Waals surface area contributed by atoms with Crippen LogP contribution in [0.25, 0.3) is 11.1 Å². The van der Waals surface area contributed by atoms with Gasteiger partial charge in [0.25, 0.3) is 0 Å². The van der Waals surface area contributed by atoms with E-state index < -0.39 is 5.41 Å². The van der Waals surface area contributed by atoms with Crippen molar-refractivity contribution in [2.24, 2.45) is 11.1 Å². The van der Waals surface area contributed by atoms with Crippen molar-refractivity contribution in [1.82, 2.24) is 0 Å². The number of ether oxygens (including phenoxy) is 2. The van der Waals surface area contributed by atoms with Crippen LogP contribution >= 0.6 is 11.6 Å². The molecule has 0 saturated carbocycles. The number of halogens is 2. The zero-order chi connectivity index (χ0) is 22.1. The second-order valence-electron chi connectivity index (χ2n) is 7.72. The van der Waals surface area contributed by atoms with E-state index >= 15 is 0 Å². The Bertz CT molecular complexity index is 828. The number of carbonyl (C=O) groups is 1. The van der Waals surface area contributed by atoms with Crippen molar-refractivity contribution in [2.75, 3.05) is 19.8 Å². The van der Waals surface area contributed by atoms with Crippen molar-refractivity contribution >= 4 is 17.6 Å². The van der Waals surface area contributed by atoms with Crippen LogP contribution in [-0.2, 0) is 20.7 Å². The van der Waals surface area contributed by atoms with Gasteiger partial charge in [-0.2, -0.15) is 0 Å². The molecule has 2 aromatic rings. The molecule has 0 spiro atoms. The molecule has 0 aliphatic carbocycles. The van der Waals surface area contributed by atoms with Gasteiger partial charge in [-0.15, -0.1) is 0 Å². The summed E-state index contributed by atoms with van der Waals surface area (Å²) in [5.41, 5.74) is 7.93. The maximum Gasteiger partial charge on any atom is 0.311 e. The molecule has 164 valence electrons. The molecular formula is C24H31ClFNO3. The first kappa shape index (κ1) is 24.3. The highest BCUT2D eigenvalue weighted by Crippen LogP contribution is 2.31. The average molecular weight is 436 g/mol. The second-order valence-corrected chi connectivity index (χ2v) is 8.15. The molecule has 0 aromatic heterocycles. The minimum absolute atomic E-state index is 0.227. The predicted molar refractivity (Wildman–Crippen MR) is 119 cm³/mol. The van der Waals surface area contributed by atoms with E-state index in [2.05, 4.69) is 0 Å². The molecule has 0 heterocycles. The summed E-state index contributed by atoms with van der Waals surface area (Å²) >= 11 is 5.99. The number of rotatable bonds is 11. The summed E-state index contributed by atoms with van der Waals surface area (Å²) in [5, 5.41) is 0.489. The van der Waals surface area contributed by atoms with Crippen LogP contribution in [0.4, 0.5) is 4.39 Å². The number of carbonyl (C=O) groups excluding carboxylic acids is 1. The fourth-order valence-electron chi connectivity index (χ4n) is 3.53. The number of hydrogen-bond donors (Lipinski definition) is 1. The summed E-state index contributed by atoms with van der Waals surface area (Å²) in [6.07, 6.45) is 1.64. The van der Waals surface area contributed by atoms with E-state index in [1.165, 1.54) is 12.1 Å². The SMILES string of the molecule is CCOCC[C@](C)(C[C@H](N)Cc1ccc(-c2cc(Cl)ccc2F)cc1)C(=O)OCC. The average Bonchev–Trinajstić information content (AvgIpc) is 2.71. The second kappa shape index (κ2) is 11.4. The molecule has 0 saturated heterocycles. The Morgan fingerprint density at radius 1 is 1.17 bits per heavy atom. The molecule has 0 aliphatic rings. The maximum absolute atomic E-state index is 14.1. The third-order valence-electron chi connectivity index (χ3n) is 5.17. The number of esters is 1. The van der Waals surface area contributed by atoms with Crippen molar-refractivity contribution in [2.45, 2.75) is 46.1 Å². The molecule has 2 N–H and O–H groups in total. The molecule has 0 radical (unpaired) electrons. The van der Waals surface area contributed by atoms with Crippen molar-refractivity contribution in [3.05, 3.63) is 58.9 Å². The zero-order valence-corrected chi connectivity index (χ0v) is 18.7. The monoisotopic (exact) mass is 435 g/mol. The first-order valence-corrected chi connectivity index (χ1v) is 10.7. The van der Waals surface area contributed by atoms with Crippen LogP contribution in [0.1, 0.15) is 39.2 Å². The van der Waals surface area contributed by atoms with E-state index in [1.54, 1.807) is 13.0 Å². The van der Waals surface area contributed by atoms with Gasteiger partial charge in [-0.05, 0) is 69.4 Å². The van der Waals surface area contributed by atoms with Gasteiger partial charge in [-0.25, -0.2) is 4.39 Å². The fourth-order valence-corrected chi connectivity index (χ4v) is 3.70. The van der Waals surface area contributed by atoms with Gasteiger partial charge in [0.1, 0.15) is 5.82 Å². The normalized spacial score (nSPS) is 14.2. The van der Waals surface area contributed by atoms with Crippen LogP contribution in [0, 0.1) is 11.2 Å². The Labute approximate surface area is 183 Å². The molecule has 4 nitrogen and oxygen atoms in total. The molecular weight excluding hydrogens is 405 g/mol. The molecule has 0 amide bonds. The van der Waals surface area contributed by atoms with Crippen LogP contribution in [0.15, 0.2) is 42.5 Å². The van der Waals surface area contributed by atoms with Crippen molar-refractivity contribution < 1.29 is 18.7 Å². The molecule has 2 atom stereocenters. The molecule has 0 bridgehead atoms. The molecule has 0 aliphatic heterocycles. The smallest absolute Gasteiger partial charge is 0.311 e. The lowest BCUT2D eigenvalue weighted by atomic mass is 9.79. The van der Waals surface area contributed by atoms with Crippen molar-refractivity contribution in [1.29, 1.82) is 0 Å². The lowest BCUT2D eigenvalue weighted by molar-refractivity contribution is -0.156. The summed E-state index contributed by atoms with van der Waals surface area (Å²) in [7, 11) is 0. The Kier molecular flexibility index (Phi) is 9.28. The molecule has 30 heavy (non-hydrogen) atoms. The zero-order valence-electron chi connectivity index (χ0n) is 17.9. The maximum atomic E-state index is 14.1. The third-order valence-corrected chi connectivity index (χ3v) is 5.41. The van der Waals surface area contributed by atoms with E-state index in [0.717, 1.165) is 11.1 Å². The van der Waals surface area contributed by atoms with Gasteiger partial charge in [-0.3, -0.25) is 4.79 Å². The third kappa shape index (κ3) is 6.79. The summed E-state index contributed by atoms with van der Waals surface area (Å²) < 4.78 is 24.8. The summed E-state index contributed by atoms with van der Waals surface area (Å²) in [6, 6.07) is 11.8. The van der Waals surface area contributed by atoms with E-state index in [4.69, 9.17) is 26.8 Å². The highest BCUT2D eigenvalue weighted by Gasteiger charge is 2.36. The van der Waals surface area contributed by atoms with Crippen LogP contribution < -0.4 is 5.73 Å². The number of hydrogen-bond acceptors (Lipinski definition) is 4. The van der Waals surface area contributed by atoms with E-state index in [9.17, 15) is 9.18 Å². The van der Waals surface area contributed by atoms with Gasteiger partial charge in [0.2, 0.25) is 0 Å². The highest BCUT2D eigenvalue weighted by atomic mass is 35.5. The summed E-state index contributed by atoms with van der Waals surface area (Å²) in [4.78, 5) is 12.5. The van der Waals surface area contributed by atoms with Crippen LogP contribution in [-0.4, -0.2) is 31.8 Å². The van der Waals surface area contributed by atoms with Gasteiger partial charge in [0, 0.05) is 29.8 Å². The Balaban J connectivity index is 2.07. The van der Waals surface area contributed by atoms with E-state index in [1.807, 2.05) is 38.1 Å². The van der Waals surface area contributed by atoms with Gasteiger partial charge < -0.3 is 15.2 Å². The number of nitrogens with two attached hydrogens (primary N) is 1. The van der Waals surface area contributed by atoms with Crippen LogP contribution in [0.2, 0.25) is 5.02 Å². The standard InChI is InChI=1S/C24H31ClFNO3/c1-4-29-13-12-24(3,23(28)30-5-2)16-20(27)14-17-6-8-18(9-7-17)21-15-19(25)10-11-22(21)26/h6-11,15,20H,4-5,12-14,16,27H2,1-3H3/t20-,24-/m1/s1. The van der Waals surface area contributed by atoms with Crippen LogP contribution in [0.5, 0.6) is 0 Å². The molecule has 2 rings (SSSR count). The molecule has 0 unspecified atom stereocenters. The summed E-state index contributed by atoms with van der Waals surface area (Å²) in [6.45, 7) is 7.02. The fraction of sp³-hybridized carbons (Fsp3) is 0.458. The Morgan fingerprint density at radius 3 is 2.50 bits per heavy atom. The first-order chi connectivity index (χ1) is 14.3. The Morgan fingerprint density at radius 2 is 1.87 bits per heavy atom. The lowest BCUT2D eigenvalue weighted by Gasteiger charge is -2.30. The highest BCUT2D eigenvalue weighted by molar-refractivity contribution is 6.30. The van der Waals surface area contributed by atoms with Gasteiger partial charge in [-0.1, -0.05) is 35.9 Å². The molecule has 2 aromatic carbocycles. The van der Waals surface area contributed by atoms with E-state index in [0.29, 0.717) is 49.7 Å². The van der Waals surface area contributed by atoms with Crippen molar-refractivity contribution in [3.63, 3.8) is 0 Å². The topological polar surface area (TPSA) is 61.5 Å². The van der Waals surface area contributed by atoms with Gasteiger partial charge in [0.15, 0.2) is 0 Å². The molecule has 6 heteroatoms. The quantitative estimate of drug-likeness (QED) is 0.379. The van der Waals surface area contributed by atoms with Gasteiger partial charge in [0.05, 0.1) is 12.0 Å². The predicted octanol–water partition coefficient (Wildman–Crippen LogP) is 5.40.